The summed E-state index contributed by atoms with van der Waals surface area (Å²) in [7, 11) is 0. The molecule has 2 aliphatic rings. The van der Waals surface area contributed by atoms with Crippen molar-refractivity contribution < 1.29 is 4.79 Å². The summed E-state index contributed by atoms with van der Waals surface area (Å²) in [5.41, 5.74) is 3.92. The van der Waals surface area contributed by atoms with Crippen LogP contribution in [0, 0.1) is 13.8 Å². The molecule has 1 saturated heterocycles. The number of nitrogens with zero attached hydrogens (tertiary/aromatic N) is 8. The van der Waals surface area contributed by atoms with E-state index in [2.05, 4.69) is 25.1 Å². The first-order valence-corrected chi connectivity index (χ1v) is 11.3. The first kappa shape index (κ1) is 20.7. The molecule has 0 atom stereocenters. The predicted octanol–water partition coefficient (Wildman–Crippen LogP) is 0.635. The van der Waals surface area contributed by atoms with Crippen LogP contribution in [-0.4, -0.2) is 77.8 Å². The highest BCUT2D eigenvalue weighted by atomic mass is 16.2. The van der Waals surface area contributed by atoms with Gasteiger partial charge in [0.05, 0.1) is 12.2 Å². The van der Waals surface area contributed by atoms with Crippen LogP contribution in [0.3, 0.4) is 0 Å². The Balaban J connectivity index is 1.19. The number of piperazine rings is 1. The summed E-state index contributed by atoms with van der Waals surface area (Å²) in [4.78, 5) is 38.1. The molecule has 5 rings (SSSR count). The lowest BCUT2D eigenvalue weighted by Crippen LogP contribution is -2.49. The monoisotopic (exact) mass is 436 g/mol. The fourth-order valence-corrected chi connectivity index (χ4v) is 4.57. The number of hydrogen-bond acceptors (Lipinski definition) is 7. The SMILES string of the molecule is Cc1cc(C)n2nc(C(=O)N3CCN(CCn4nc5c(cc4=O)CCCC5)CC3)nc2n1. The summed E-state index contributed by atoms with van der Waals surface area (Å²) < 4.78 is 3.21. The lowest BCUT2D eigenvalue weighted by Gasteiger charge is -2.34. The number of aromatic nitrogens is 6. The van der Waals surface area contributed by atoms with Gasteiger partial charge in [0, 0.05) is 50.2 Å². The van der Waals surface area contributed by atoms with E-state index >= 15 is 0 Å². The van der Waals surface area contributed by atoms with E-state index in [0.29, 0.717) is 25.4 Å². The van der Waals surface area contributed by atoms with Gasteiger partial charge >= 0.3 is 0 Å². The third-order valence-electron chi connectivity index (χ3n) is 6.37. The molecule has 10 nitrogen and oxygen atoms in total. The summed E-state index contributed by atoms with van der Waals surface area (Å²) in [6, 6.07) is 3.68. The number of carbonyl (C=O) groups excluding carboxylic acids is 1. The Hall–Kier alpha value is -3.14. The van der Waals surface area contributed by atoms with Gasteiger partial charge in [-0.1, -0.05) is 0 Å². The van der Waals surface area contributed by atoms with Crippen molar-refractivity contribution in [2.75, 3.05) is 32.7 Å². The van der Waals surface area contributed by atoms with Crippen molar-refractivity contribution in [2.45, 2.75) is 46.1 Å². The van der Waals surface area contributed by atoms with Crippen molar-refractivity contribution in [3.8, 4) is 0 Å². The van der Waals surface area contributed by atoms with E-state index in [1.54, 1.807) is 20.2 Å². The van der Waals surface area contributed by atoms with Crippen molar-refractivity contribution in [2.24, 2.45) is 0 Å². The van der Waals surface area contributed by atoms with Crippen LogP contribution in [0.5, 0.6) is 0 Å². The number of fused-ring (bicyclic) bond motifs is 2. The average Bonchev–Trinajstić information content (AvgIpc) is 3.22. The third kappa shape index (κ3) is 4.02. The molecule has 0 aromatic carbocycles. The molecule has 1 aliphatic carbocycles. The number of hydrogen-bond donors (Lipinski definition) is 0. The molecule has 3 aromatic rings. The van der Waals surface area contributed by atoms with Crippen molar-refractivity contribution in [3.63, 3.8) is 0 Å². The van der Waals surface area contributed by atoms with Gasteiger partial charge in [0.2, 0.25) is 5.82 Å². The van der Waals surface area contributed by atoms with Crippen LogP contribution in [0.2, 0.25) is 0 Å². The van der Waals surface area contributed by atoms with Gasteiger partial charge < -0.3 is 4.90 Å². The molecule has 168 valence electrons. The molecule has 10 heteroatoms. The zero-order valence-electron chi connectivity index (χ0n) is 18.6. The molecule has 0 unspecified atom stereocenters. The lowest BCUT2D eigenvalue weighted by atomic mass is 9.97. The Bertz CT molecular complexity index is 1220. The van der Waals surface area contributed by atoms with Crippen molar-refractivity contribution in [1.82, 2.24) is 39.2 Å². The van der Waals surface area contributed by atoms with Crippen LogP contribution in [0.1, 0.15) is 46.1 Å². The molecule has 1 aliphatic heterocycles. The van der Waals surface area contributed by atoms with Gasteiger partial charge in [0.1, 0.15) is 0 Å². The molecule has 0 bridgehead atoms. The molecular formula is C22H28N8O2. The highest BCUT2D eigenvalue weighted by Gasteiger charge is 2.25. The minimum absolute atomic E-state index is 0.0171. The molecule has 3 aromatic heterocycles. The quantitative estimate of drug-likeness (QED) is 0.591. The first-order chi connectivity index (χ1) is 15.5. The van der Waals surface area contributed by atoms with Crippen molar-refractivity contribution >= 4 is 11.7 Å². The van der Waals surface area contributed by atoms with E-state index in [1.165, 1.54) is 0 Å². The van der Waals surface area contributed by atoms with E-state index in [1.807, 2.05) is 19.9 Å². The number of aryl methyl sites for hydroxylation is 4. The van der Waals surface area contributed by atoms with Crippen molar-refractivity contribution in [3.05, 3.63) is 51.0 Å². The van der Waals surface area contributed by atoms with Crippen LogP contribution in [-0.2, 0) is 19.4 Å². The van der Waals surface area contributed by atoms with Crippen LogP contribution < -0.4 is 5.56 Å². The van der Waals surface area contributed by atoms with Crippen LogP contribution in [0.25, 0.3) is 5.78 Å². The summed E-state index contributed by atoms with van der Waals surface area (Å²) in [5.74, 6) is 0.469. The molecule has 0 saturated carbocycles. The summed E-state index contributed by atoms with van der Waals surface area (Å²) in [5, 5.41) is 8.96. The van der Waals surface area contributed by atoms with E-state index in [0.717, 1.165) is 68.0 Å². The Morgan fingerprint density at radius 1 is 0.969 bits per heavy atom. The Morgan fingerprint density at radius 2 is 1.75 bits per heavy atom. The van der Waals surface area contributed by atoms with Gasteiger partial charge in [0.15, 0.2) is 0 Å². The Kier molecular flexibility index (Phi) is 5.46. The van der Waals surface area contributed by atoms with E-state index < -0.39 is 0 Å². The number of carbonyl (C=O) groups is 1. The average molecular weight is 437 g/mol. The van der Waals surface area contributed by atoms with Gasteiger partial charge in [-0.3, -0.25) is 14.5 Å². The maximum atomic E-state index is 12.9. The van der Waals surface area contributed by atoms with Crippen LogP contribution in [0.4, 0.5) is 0 Å². The fraction of sp³-hybridized carbons (Fsp3) is 0.545. The zero-order valence-corrected chi connectivity index (χ0v) is 18.6. The van der Waals surface area contributed by atoms with Gasteiger partial charge in [-0.05, 0) is 51.2 Å². The Morgan fingerprint density at radius 3 is 2.56 bits per heavy atom. The molecule has 1 amide bonds. The first-order valence-electron chi connectivity index (χ1n) is 11.3. The minimum Gasteiger partial charge on any atom is -0.333 e. The highest BCUT2D eigenvalue weighted by Crippen LogP contribution is 2.17. The molecule has 0 radical (unpaired) electrons. The van der Waals surface area contributed by atoms with Gasteiger partial charge in [0.25, 0.3) is 17.2 Å². The molecule has 0 spiro atoms. The second-order valence-corrected chi connectivity index (χ2v) is 8.70. The van der Waals surface area contributed by atoms with Gasteiger partial charge in [-0.15, -0.1) is 5.10 Å². The third-order valence-corrected chi connectivity index (χ3v) is 6.37. The predicted molar refractivity (Wildman–Crippen MR) is 118 cm³/mol. The standard InChI is InChI=1S/C22H28N8O2/c1-15-13-16(2)30-22(23-15)24-20(26-30)21(32)28-10-7-27(8-11-28)9-12-29-19(31)14-17-5-3-4-6-18(17)25-29/h13-14H,3-12H2,1-2H3. The molecular weight excluding hydrogens is 408 g/mol. The zero-order chi connectivity index (χ0) is 22.2. The molecule has 0 N–H and O–H groups in total. The number of rotatable bonds is 4. The van der Waals surface area contributed by atoms with Crippen LogP contribution in [0.15, 0.2) is 16.9 Å². The van der Waals surface area contributed by atoms with E-state index in [-0.39, 0.29) is 17.3 Å². The van der Waals surface area contributed by atoms with Crippen molar-refractivity contribution in [1.29, 1.82) is 0 Å². The van der Waals surface area contributed by atoms with E-state index in [4.69, 9.17) is 0 Å². The second-order valence-electron chi connectivity index (χ2n) is 8.70. The largest absolute Gasteiger partial charge is 0.333 e. The molecule has 32 heavy (non-hydrogen) atoms. The summed E-state index contributed by atoms with van der Waals surface area (Å²) in [6.45, 7) is 7.83. The second kappa shape index (κ2) is 8.42. The smallest absolute Gasteiger partial charge is 0.293 e. The summed E-state index contributed by atoms with van der Waals surface area (Å²) >= 11 is 0. The number of amides is 1. The van der Waals surface area contributed by atoms with E-state index in [9.17, 15) is 9.59 Å². The van der Waals surface area contributed by atoms with Gasteiger partial charge in [-0.25, -0.2) is 14.2 Å². The lowest BCUT2D eigenvalue weighted by molar-refractivity contribution is 0.0619. The maximum Gasteiger partial charge on any atom is 0.293 e. The molecule has 4 heterocycles. The topological polar surface area (TPSA) is 102 Å². The Labute approximate surface area is 185 Å². The fourth-order valence-electron chi connectivity index (χ4n) is 4.57. The summed E-state index contributed by atoms with van der Waals surface area (Å²) in [6.07, 6.45) is 4.21. The highest BCUT2D eigenvalue weighted by molar-refractivity contribution is 5.91. The molecule has 1 fully saturated rings. The van der Waals surface area contributed by atoms with Gasteiger partial charge in [-0.2, -0.15) is 10.1 Å². The van der Waals surface area contributed by atoms with Crippen LogP contribution >= 0.6 is 0 Å². The minimum atomic E-state index is -0.167. The maximum absolute atomic E-state index is 12.9. The normalized spacial score (nSPS) is 17.0.